The van der Waals surface area contributed by atoms with Crippen LogP contribution in [0.5, 0.6) is 0 Å². The summed E-state index contributed by atoms with van der Waals surface area (Å²) in [4.78, 5) is 24.5. The number of carbonyl (C=O) groups excluding carboxylic acids is 2. The lowest BCUT2D eigenvalue weighted by atomic mass is 9.85. The van der Waals surface area contributed by atoms with Crippen molar-refractivity contribution in [3.05, 3.63) is 28.8 Å². The van der Waals surface area contributed by atoms with Gasteiger partial charge in [-0.3, -0.25) is 9.59 Å². The highest BCUT2D eigenvalue weighted by Gasteiger charge is 2.22. The summed E-state index contributed by atoms with van der Waals surface area (Å²) < 4.78 is 0. The maximum Gasteiger partial charge on any atom is 0.253 e. The number of piperidine rings is 1. The van der Waals surface area contributed by atoms with Crippen LogP contribution in [0.4, 0.5) is 5.69 Å². The fourth-order valence-corrected chi connectivity index (χ4v) is 3.27. The number of hydrogen-bond acceptors (Lipinski definition) is 3. The second-order valence-electron chi connectivity index (χ2n) is 6.39. The molecule has 5 nitrogen and oxygen atoms in total. The van der Waals surface area contributed by atoms with E-state index in [0.29, 0.717) is 41.1 Å². The highest BCUT2D eigenvalue weighted by atomic mass is 35.5. The average molecular weight is 388 g/mol. The van der Waals surface area contributed by atoms with Crippen molar-refractivity contribution >= 4 is 41.5 Å². The summed E-state index contributed by atoms with van der Waals surface area (Å²) in [6.07, 6.45) is 2.77. The lowest BCUT2D eigenvalue weighted by Gasteiger charge is -2.28. The molecule has 2 amide bonds. The van der Waals surface area contributed by atoms with Gasteiger partial charge in [0.05, 0.1) is 11.3 Å². The SMILES string of the molecule is CCNC(=O)c1cc(Cl)ccc1NC(=O)CC(C)C1CCCNC1.Cl. The Kier molecular flexibility index (Phi) is 9.25. The van der Waals surface area contributed by atoms with Crippen molar-refractivity contribution in [1.29, 1.82) is 0 Å². The molecule has 1 heterocycles. The van der Waals surface area contributed by atoms with Gasteiger partial charge in [-0.1, -0.05) is 18.5 Å². The molecule has 2 rings (SSSR count). The molecule has 1 aliphatic heterocycles. The van der Waals surface area contributed by atoms with Crippen molar-refractivity contribution < 1.29 is 9.59 Å². The summed E-state index contributed by atoms with van der Waals surface area (Å²) in [5.74, 6) is 0.524. The summed E-state index contributed by atoms with van der Waals surface area (Å²) in [6.45, 7) is 6.52. The van der Waals surface area contributed by atoms with Gasteiger partial charge in [0.1, 0.15) is 0 Å². The monoisotopic (exact) mass is 387 g/mol. The zero-order valence-corrected chi connectivity index (χ0v) is 16.3. The molecule has 25 heavy (non-hydrogen) atoms. The molecular weight excluding hydrogens is 361 g/mol. The molecular formula is C18H27Cl2N3O2. The largest absolute Gasteiger partial charge is 0.352 e. The number of anilines is 1. The molecule has 1 aromatic rings. The molecule has 0 radical (unpaired) electrons. The van der Waals surface area contributed by atoms with Crippen LogP contribution in [0, 0.1) is 11.8 Å². The van der Waals surface area contributed by atoms with Crippen molar-refractivity contribution in [3.63, 3.8) is 0 Å². The fourth-order valence-electron chi connectivity index (χ4n) is 3.09. The Hall–Kier alpha value is -1.30. The third-order valence-electron chi connectivity index (χ3n) is 4.48. The number of hydrogen-bond donors (Lipinski definition) is 3. The Labute approximate surface area is 160 Å². The second-order valence-corrected chi connectivity index (χ2v) is 6.82. The van der Waals surface area contributed by atoms with Gasteiger partial charge in [0.25, 0.3) is 5.91 Å². The van der Waals surface area contributed by atoms with E-state index >= 15 is 0 Å². The molecule has 0 aliphatic carbocycles. The van der Waals surface area contributed by atoms with Crippen LogP contribution in [0.15, 0.2) is 18.2 Å². The minimum atomic E-state index is -0.236. The van der Waals surface area contributed by atoms with Gasteiger partial charge in [-0.25, -0.2) is 0 Å². The van der Waals surface area contributed by atoms with Gasteiger partial charge in [-0.05, 0) is 62.9 Å². The number of nitrogens with one attached hydrogen (secondary N) is 3. The first-order valence-corrected chi connectivity index (χ1v) is 8.97. The van der Waals surface area contributed by atoms with E-state index in [1.54, 1.807) is 18.2 Å². The first-order chi connectivity index (χ1) is 11.5. The smallest absolute Gasteiger partial charge is 0.253 e. The second kappa shape index (κ2) is 10.6. The number of halogens is 2. The van der Waals surface area contributed by atoms with E-state index in [4.69, 9.17) is 11.6 Å². The van der Waals surface area contributed by atoms with E-state index in [0.717, 1.165) is 25.9 Å². The topological polar surface area (TPSA) is 70.2 Å². The summed E-state index contributed by atoms with van der Waals surface area (Å²) >= 11 is 5.98. The summed E-state index contributed by atoms with van der Waals surface area (Å²) in [5, 5.41) is 9.46. The molecule has 7 heteroatoms. The molecule has 0 saturated carbocycles. The Morgan fingerprint density at radius 3 is 2.80 bits per heavy atom. The highest BCUT2D eigenvalue weighted by Crippen LogP contribution is 2.25. The summed E-state index contributed by atoms with van der Waals surface area (Å²) in [6, 6.07) is 4.93. The highest BCUT2D eigenvalue weighted by molar-refractivity contribution is 6.31. The minimum absolute atomic E-state index is 0. The molecule has 0 bridgehead atoms. The third-order valence-corrected chi connectivity index (χ3v) is 4.72. The van der Waals surface area contributed by atoms with E-state index in [2.05, 4.69) is 22.9 Å². The standard InChI is InChI=1S/C18H26ClN3O2.ClH/c1-3-21-18(24)15-10-14(19)6-7-16(15)22-17(23)9-12(2)13-5-4-8-20-11-13;/h6-7,10,12-13,20H,3-5,8-9,11H2,1-2H3,(H,21,24)(H,22,23);1H. The van der Waals surface area contributed by atoms with Crippen LogP contribution in [0.2, 0.25) is 5.02 Å². The quantitative estimate of drug-likeness (QED) is 0.699. The van der Waals surface area contributed by atoms with Gasteiger partial charge in [0, 0.05) is 18.0 Å². The predicted molar refractivity (Wildman–Crippen MR) is 105 cm³/mol. The third kappa shape index (κ3) is 6.49. The normalized spacial score (nSPS) is 18.0. The van der Waals surface area contributed by atoms with Crippen molar-refractivity contribution in [1.82, 2.24) is 10.6 Å². The Morgan fingerprint density at radius 2 is 2.16 bits per heavy atom. The van der Waals surface area contributed by atoms with E-state index < -0.39 is 0 Å². The first-order valence-electron chi connectivity index (χ1n) is 8.59. The van der Waals surface area contributed by atoms with Crippen LogP contribution in [0.3, 0.4) is 0 Å². The minimum Gasteiger partial charge on any atom is -0.352 e. The van der Waals surface area contributed by atoms with Crippen molar-refractivity contribution in [3.8, 4) is 0 Å². The van der Waals surface area contributed by atoms with Gasteiger partial charge in [-0.2, -0.15) is 0 Å². The van der Waals surface area contributed by atoms with Crippen LogP contribution in [-0.2, 0) is 4.79 Å². The Bertz CT molecular complexity index is 590. The lowest BCUT2D eigenvalue weighted by molar-refractivity contribution is -0.117. The van der Waals surface area contributed by atoms with Gasteiger partial charge >= 0.3 is 0 Å². The number of rotatable bonds is 6. The van der Waals surface area contributed by atoms with E-state index in [9.17, 15) is 9.59 Å². The zero-order valence-electron chi connectivity index (χ0n) is 14.7. The lowest BCUT2D eigenvalue weighted by Crippen LogP contribution is -2.34. The van der Waals surface area contributed by atoms with Crippen molar-refractivity contribution in [2.24, 2.45) is 11.8 Å². The summed E-state index contributed by atoms with van der Waals surface area (Å²) in [7, 11) is 0. The average Bonchev–Trinajstić information content (AvgIpc) is 2.57. The molecule has 140 valence electrons. The molecule has 1 aromatic carbocycles. The van der Waals surface area contributed by atoms with E-state index in [1.807, 2.05) is 6.92 Å². The molecule has 3 N–H and O–H groups in total. The van der Waals surface area contributed by atoms with E-state index in [1.165, 1.54) is 0 Å². The van der Waals surface area contributed by atoms with Crippen LogP contribution in [0.25, 0.3) is 0 Å². The van der Waals surface area contributed by atoms with Crippen LogP contribution in [-0.4, -0.2) is 31.4 Å². The van der Waals surface area contributed by atoms with E-state index in [-0.39, 0.29) is 24.2 Å². The molecule has 1 fully saturated rings. The summed E-state index contributed by atoms with van der Waals surface area (Å²) in [5.41, 5.74) is 0.897. The number of benzene rings is 1. The molecule has 2 unspecified atom stereocenters. The maximum absolute atomic E-state index is 12.4. The molecule has 2 atom stereocenters. The van der Waals surface area contributed by atoms with Crippen LogP contribution >= 0.6 is 24.0 Å². The zero-order chi connectivity index (χ0) is 17.5. The molecule has 0 aromatic heterocycles. The fraction of sp³-hybridized carbons (Fsp3) is 0.556. The first kappa shape index (κ1) is 21.7. The number of amides is 2. The van der Waals surface area contributed by atoms with Gasteiger partial charge in [-0.15, -0.1) is 12.4 Å². The van der Waals surface area contributed by atoms with Crippen LogP contribution < -0.4 is 16.0 Å². The number of carbonyl (C=O) groups is 2. The van der Waals surface area contributed by atoms with Gasteiger partial charge in [0.2, 0.25) is 5.91 Å². The predicted octanol–water partition coefficient (Wildman–Crippen LogP) is 3.48. The maximum atomic E-state index is 12.4. The Balaban J connectivity index is 0.00000312. The molecule has 1 aliphatic rings. The molecule has 0 spiro atoms. The molecule has 1 saturated heterocycles. The van der Waals surface area contributed by atoms with Crippen molar-refractivity contribution in [2.45, 2.75) is 33.1 Å². The Morgan fingerprint density at radius 1 is 1.40 bits per heavy atom. The van der Waals surface area contributed by atoms with Gasteiger partial charge < -0.3 is 16.0 Å². The van der Waals surface area contributed by atoms with Crippen LogP contribution in [0.1, 0.15) is 43.5 Å². The van der Waals surface area contributed by atoms with Gasteiger partial charge in [0.15, 0.2) is 0 Å². The van der Waals surface area contributed by atoms with Crippen molar-refractivity contribution in [2.75, 3.05) is 25.0 Å².